The van der Waals surface area contributed by atoms with E-state index in [0.717, 1.165) is 36.2 Å². The van der Waals surface area contributed by atoms with Gasteiger partial charge in [0, 0.05) is 13.5 Å². The van der Waals surface area contributed by atoms with Crippen molar-refractivity contribution in [3.05, 3.63) is 36.0 Å². The molecule has 7 nitrogen and oxygen atoms in total. The summed E-state index contributed by atoms with van der Waals surface area (Å²) in [6, 6.07) is 7.93. The minimum absolute atomic E-state index is 0.00919. The highest BCUT2D eigenvalue weighted by atomic mass is 32.2. The number of imidazole rings is 1. The van der Waals surface area contributed by atoms with E-state index in [1.54, 1.807) is 6.92 Å². The lowest BCUT2D eigenvalue weighted by molar-refractivity contribution is -0.129. The summed E-state index contributed by atoms with van der Waals surface area (Å²) < 4.78 is 5.30. The maximum atomic E-state index is 12.6. The molecule has 0 aliphatic carbocycles. The summed E-state index contributed by atoms with van der Waals surface area (Å²) in [6.07, 6.45) is 1.91. The Hall–Kier alpha value is -2.35. The van der Waals surface area contributed by atoms with Crippen molar-refractivity contribution >= 4 is 28.7 Å². The zero-order chi connectivity index (χ0) is 16.5. The molecule has 0 radical (unpaired) electrons. The molecule has 1 fully saturated rings. The first-order valence-electron chi connectivity index (χ1n) is 7.88. The summed E-state index contributed by atoms with van der Waals surface area (Å²) in [5, 5.41) is 8.11. The SMILES string of the molecule is Cc1nnc(SCC(=O)N2CCC[C@@H]2c2nc3ccccc3[nH]2)o1. The van der Waals surface area contributed by atoms with Gasteiger partial charge in [-0.05, 0) is 25.0 Å². The van der Waals surface area contributed by atoms with Crippen molar-refractivity contribution in [2.24, 2.45) is 0 Å². The Kier molecular flexibility index (Phi) is 3.97. The number of aryl methyl sites for hydroxylation is 1. The molecule has 4 rings (SSSR count). The van der Waals surface area contributed by atoms with Crippen LogP contribution in [-0.2, 0) is 4.79 Å². The number of aromatic amines is 1. The van der Waals surface area contributed by atoms with E-state index in [-0.39, 0.29) is 11.9 Å². The van der Waals surface area contributed by atoms with E-state index < -0.39 is 0 Å². The van der Waals surface area contributed by atoms with Crippen molar-refractivity contribution in [3.8, 4) is 0 Å². The molecule has 1 atom stereocenters. The molecular formula is C16H17N5O2S. The average Bonchev–Trinajstić information content (AvgIpc) is 3.30. The summed E-state index contributed by atoms with van der Waals surface area (Å²) in [5.41, 5.74) is 1.94. The molecule has 3 heterocycles. The predicted molar refractivity (Wildman–Crippen MR) is 89.5 cm³/mol. The van der Waals surface area contributed by atoms with Crippen molar-refractivity contribution in [1.29, 1.82) is 0 Å². The minimum Gasteiger partial charge on any atom is -0.416 e. The second-order valence-electron chi connectivity index (χ2n) is 5.76. The first kappa shape index (κ1) is 15.2. The molecule has 0 spiro atoms. The fraction of sp³-hybridized carbons (Fsp3) is 0.375. The molecule has 1 saturated heterocycles. The van der Waals surface area contributed by atoms with Crippen LogP contribution in [-0.4, -0.2) is 43.3 Å². The number of aromatic nitrogens is 4. The number of amides is 1. The molecule has 2 aromatic heterocycles. The lowest BCUT2D eigenvalue weighted by atomic mass is 10.2. The Balaban J connectivity index is 1.48. The Labute approximate surface area is 142 Å². The molecule has 0 saturated carbocycles. The summed E-state index contributed by atoms with van der Waals surface area (Å²) in [5.74, 6) is 1.73. The number of hydrogen-bond acceptors (Lipinski definition) is 6. The molecule has 8 heteroatoms. The van der Waals surface area contributed by atoms with Crippen LogP contribution in [0.2, 0.25) is 0 Å². The van der Waals surface area contributed by atoms with Crippen LogP contribution in [0.25, 0.3) is 11.0 Å². The van der Waals surface area contributed by atoms with Gasteiger partial charge in [-0.3, -0.25) is 4.79 Å². The van der Waals surface area contributed by atoms with Gasteiger partial charge in [-0.25, -0.2) is 4.98 Å². The van der Waals surface area contributed by atoms with Gasteiger partial charge >= 0.3 is 0 Å². The standard InChI is InChI=1S/C16H17N5O2S/c1-10-19-20-16(23-10)24-9-14(22)21-8-4-7-13(21)15-17-11-5-2-3-6-12(11)18-15/h2-3,5-6,13H,4,7-9H2,1H3,(H,17,18)/t13-/m1/s1. The van der Waals surface area contributed by atoms with Gasteiger partial charge < -0.3 is 14.3 Å². The zero-order valence-corrected chi connectivity index (χ0v) is 14.0. The quantitative estimate of drug-likeness (QED) is 0.733. The molecule has 1 amide bonds. The lowest BCUT2D eigenvalue weighted by Crippen LogP contribution is -2.32. The van der Waals surface area contributed by atoms with Crippen LogP contribution in [0, 0.1) is 6.92 Å². The molecular weight excluding hydrogens is 326 g/mol. The van der Waals surface area contributed by atoms with Crippen molar-refractivity contribution in [3.63, 3.8) is 0 Å². The van der Waals surface area contributed by atoms with Gasteiger partial charge in [0.1, 0.15) is 5.82 Å². The lowest BCUT2D eigenvalue weighted by Gasteiger charge is -2.22. The number of para-hydroxylation sites is 2. The van der Waals surface area contributed by atoms with Gasteiger partial charge in [0.05, 0.1) is 22.8 Å². The second-order valence-corrected chi connectivity index (χ2v) is 6.69. The number of rotatable bonds is 4. The molecule has 24 heavy (non-hydrogen) atoms. The number of nitrogens with one attached hydrogen (secondary N) is 1. The highest BCUT2D eigenvalue weighted by molar-refractivity contribution is 7.99. The van der Waals surface area contributed by atoms with E-state index in [0.29, 0.717) is 16.9 Å². The molecule has 1 aliphatic rings. The van der Waals surface area contributed by atoms with Crippen molar-refractivity contribution in [2.75, 3.05) is 12.3 Å². The number of fused-ring (bicyclic) bond motifs is 1. The molecule has 3 aromatic rings. The number of nitrogens with zero attached hydrogens (tertiary/aromatic N) is 4. The largest absolute Gasteiger partial charge is 0.416 e. The highest BCUT2D eigenvalue weighted by Crippen LogP contribution is 2.32. The smallest absolute Gasteiger partial charge is 0.277 e. The second kappa shape index (κ2) is 6.27. The maximum Gasteiger partial charge on any atom is 0.277 e. The molecule has 0 unspecified atom stereocenters. The Morgan fingerprint density at radius 2 is 2.29 bits per heavy atom. The van der Waals surface area contributed by atoms with Gasteiger partial charge in [0.25, 0.3) is 5.22 Å². The van der Waals surface area contributed by atoms with Crippen molar-refractivity contribution in [2.45, 2.75) is 31.0 Å². The van der Waals surface area contributed by atoms with E-state index in [1.807, 2.05) is 29.2 Å². The van der Waals surface area contributed by atoms with Gasteiger partial charge in [0.2, 0.25) is 11.8 Å². The van der Waals surface area contributed by atoms with Crippen LogP contribution in [0.4, 0.5) is 0 Å². The number of carbonyl (C=O) groups is 1. The maximum absolute atomic E-state index is 12.6. The van der Waals surface area contributed by atoms with E-state index in [9.17, 15) is 4.79 Å². The average molecular weight is 343 g/mol. The number of benzene rings is 1. The van der Waals surface area contributed by atoms with E-state index in [2.05, 4.69) is 20.2 Å². The Morgan fingerprint density at radius 3 is 3.08 bits per heavy atom. The highest BCUT2D eigenvalue weighted by Gasteiger charge is 2.32. The molecule has 1 N–H and O–H groups in total. The first-order valence-corrected chi connectivity index (χ1v) is 8.86. The van der Waals surface area contributed by atoms with Crippen LogP contribution in [0.3, 0.4) is 0 Å². The van der Waals surface area contributed by atoms with Crippen molar-refractivity contribution in [1.82, 2.24) is 25.1 Å². The number of carbonyl (C=O) groups excluding carboxylic acids is 1. The Bertz CT molecular complexity index is 841. The fourth-order valence-electron chi connectivity index (χ4n) is 3.02. The van der Waals surface area contributed by atoms with Crippen LogP contribution < -0.4 is 0 Å². The van der Waals surface area contributed by atoms with Crippen LogP contribution in [0.15, 0.2) is 33.9 Å². The number of thioether (sulfide) groups is 1. The van der Waals surface area contributed by atoms with Crippen LogP contribution >= 0.6 is 11.8 Å². The summed E-state index contributed by atoms with van der Waals surface area (Å²) in [7, 11) is 0. The molecule has 124 valence electrons. The predicted octanol–water partition coefficient (Wildman–Crippen LogP) is 2.71. The third kappa shape index (κ3) is 2.89. The number of hydrogen-bond donors (Lipinski definition) is 1. The Morgan fingerprint density at radius 1 is 1.42 bits per heavy atom. The van der Waals surface area contributed by atoms with Crippen LogP contribution in [0.1, 0.15) is 30.6 Å². The first-order chi connectivity index (χ1) is 11.7. The summed E-state index contributed by atoms with van der Waals surface area (Å²) >= 11 is 1.28. The zero-order valence-electron chi connectivity index (χ0n) is 13.2. The van der Waals surface area contributed by atoms with Gasteiger partial charge in [0.15, 0.2) is 0 Å². The van der Waals surface area contributed by atoms with E-state index in [4.69, 9.17) is 4.42 Å². The normalized spacial score (nSPS) is 17.7. The third-order valence-electron chi connectivity index (χ3n) is 4.12. The third-order valence-corrected chi connectivity index (χ3v) is 4.93. The van der Waals surface area contributed by atoms with E-state index >= 15 is 0 Å². The van der Waals surface area contributed by atoms with Gasteiger partial charge in [-0.1, -0.05) is 23.9 Å². The molecule has 1 aromatic carbocycles. The van der Waals surface area contributed by atoms with E-state index in [1.165, 1.54) is 11.8 Å². The summed E-state index contributed by atoms with van der Waals surface area (Å²) in [6.45, 7) is 2.49. The van der Waals surface area contributed by atoms with Crippen LogP contribution in [0.5, 0.6) is 0 Å². The molecule has 1 aliphatic heterocycles. The summed E-state index contributed by atoms with van der Waals surface area (Å²) in [4.78, 5) is 22.5. The monoisotopic (exact) mass is 343 g/mol. The fourth-order valence-corrected chi connectivity index (χ4v) is 3.71. The van der Waals surface area contributed by atoms with Crippen molar-refractivity contribution < 1.29 is 9.21 Å². The minimum atomic E-state index is 0.00919. The van der Waals surface area contributed by atoms with Gasteiger partial charge in [-0.15, -0.1) is 10.2 Å². The topological polar surface area (TPSA) is 87.9 Å². The van der Waals surface area contributed by atoms with Gasteiger partial charge in [-0.2, -0.15) is 0 Å². The molecule has 0 bridgehead atoms. The number of H-pyrrole nitrogens is 1. The number of likely N-dealkylation sites (tertiary alicyclic amines) is 1.